The van der Waals surface area contributed by atoms with Crippen molar-refractivity contribution in [2.75, 3.05) is 13.2 Å². The molecule has 1 fully saturated rings. The lowest BCUT2D eigenvalue weighted by molar-refractivity contribution is 0.0548. The van der Waals surface area contributed by atoms with E-state index in [-0.39, 0.29) is 54.3 Å². The summed E-state index contributed by atoms with van der Waals surface area (Å²) < 4.78 is 35.0. The highest BCUT2D eigenvalue weighted by Crippen LogP contribution is 2.54. The first-order valence-corrected chi connectivity index (χ1v) is 12.8. The molecule has 2 atom stereocenters. The predicted molar refractivity (Wildman–Crippen MR) is 138 cm³/mol. The van der Waals surface area contributed by atoms with E-state index in [1.54, 1.807) is 9.47 Å². The zero-order chi connectivity index (χ0) is 27.9. The Morgan fingerprint density at radius 1 is 1.18 bits per heavy atom. The molecule has 1 aliphatic heterocycles. The molecule has 0 unspecified atom stereocenters. The number of ether oxygens (including phenoxy) is 1. The number of nitrogens with zero attached hydrogens (tertiary/aromatic N) is 2. The van der Waals surface area contributed by atoms with E-state index < -0.39 is 34.4 Å². The summed E-state index contributed by atoms with van der Waals surface area (Å²) in [5.41, 5.74) is -0.907. The van der Waals surface area contributed by atoms with Crippen LogP contribution < -0.4 is 15.5 Å². The van der Waals surface area contributed by atoms with Gasteiger partial charge in [-0.15, -0.1) is 0 Å². The molecule has 2 N–H and O–H groups in total. The SMILES string of the molecule is CC(C)N1C[C@]2(C[C@@H]2CO)n2cc(C(=O)NCc3ccc(F)cc3F)c(=O)c(OCc3ccccc3)c2C1=O. The van der Waals surface area contributed by atoms with Crippen LogP contribution in [0.3, 0.4) is 0 Å². The highest BCUT2D eigenvalue weighted by molar-refractivity contribution is 5.99. The van der Waals surface area contributed by atoms with E-state index in [9.17, 15) is 28.3 Å². The van der Waals surface area contributed by atoms with Crippen LogP contribution in [0.1, 0.15) is 52.2 Å². The molecule has 3 aromatic rings. The van der Waals surface area contributed by atoms with Gasteiger partial charge in [-0.05, 0) is 31.9 Å². The predicted octanol–water partition coefficient (Wildman–Crippen LogP) is 3.21. The number of rotatable bonds is 8. The summed E-state index contributed by atoms with van der Waals surface area (Å²) in [6.07, 6.45) is 1.89. The van der Waals surface area contributed by atoms with Gasteiger partial charge in [-0.3, -0.25) is 14.4 Å². The van der Waals surface area contributed by atoms with Crippen LogP contribution in [0.25, 0.3) is 0 Å². The number of aromatic nitrogens is 1. The van der Waals surface area contributed by atoms with Crippen molar-refractivity contribution in [3.05, 3.63) is 99.0 Å². The molecule has 0 bridgehead atoms. The van der Waals surface area contributed by atoms with E-state index in [0.29, 0.717) is 19.0 Å². The first-order chi connectivity index (χ1) is 18.7. The number of aliphatic hydroxyl groups excluding tert-OH is 1. The average molecular weight is 538 g/mol. The van der Waals surface area contributed by atoms with Crippen LogP contribution in [0.2, 0.25) is 0 Å². The quantitative estimate of drug-likeness (QED) is 0.460. The molecular formula is C29H29F2N3O5. The van der Waals surface area contributed by atoms with Crippen molar-refractivity contribution in [3.8, 4) is 5.75 Å². The van der Waals surface area contributed by atoms with Crippen molar-refractivity contribution < 1.29 is 28.2 Å². The third-order valence-electron chi connectivity index (χ3n) is 7.52. The molecule has 1 spiro atoms. The van der Waals surface area contributed by atoms with E-state index in [1.807, 2.05) is 44.2 Å². The normalized spacial score (nSPS) is 19.8. The Kier molecular flexibility index (Phi) is 6.98. The van der Waals surface area contributed by atoms with Gasteiger partial charge in [-0.25, -0.2) is 8.78 Å². The molecule has 0 radical (unpaired) electrons. The highest BCUT2D eigenvalue weighted by Gasteiger charge is 2.60. The summed E-state index contributed by atoms with van der Waals surface area (Å²) in [5, 5.41) is 12.5. The zero-order valence-corrected chi connectivity index (χ0v) is 21.6. The number of pyridine rings is 1. The van der Waals surface area contributed by atoms with E-state index in [0.717, 1.165) is 11.6 Å². The summed E-state index contributed by atoms with van der Waals surface area (Å²) in [7, 11) is 0. The molecule has 2 aromatic carbocycles. The second kappa shape index (κ2) is 10.3. The molecule has 10 heteroatoms. The van der Waals surface area contributed by atoms with Crippen LogP contribution in [0, 0.1) is 17.6 Å². The second-order valence-corrected chi connectivity index (χ2v) is 10.3. The lowest BCUT2D eigenvalue weighted by Crippen LogP contribution is -2.52. The van der Waals surface area contributed by atoms with Crippen molar-refractivity contribution in [3.63, 3.8) is 0 Å². The van der Waals surface area contributed by atoms with Gasteiger partial charge in [-0.1, -0.05) is 36.4 Å². The minimum absolute atomic E-state index is 0.0136. The number of hydrogen-bond donors (Lipinski definition) is 2. The fourth-order valence-corrected chi connectivity index (χ4v) is 5.19. The molecule has 2 heterocycles. The molecule has 0 saturated heterocycles. The number of amides is 2. The summed E-state index contributed by atoms with van der Waals surface area (Å²) in [6.45, 7) is 3.63. The van der Waals surface area contributed by atoms with E-state index in [2.05, 4.69) is 5.32 Å². The van der Waals surface area contributed by atoms with Crippen molar-refractivity contribution in [1.82, 2.24) is 14.8 Å². The van der Waals surface area contributed by atoms with Crippen molar-refractivity contribution in [2.24, 2.45) is 5.92 Å². The van der Waals surface area contributed by atoms with E-state index in [1.165, 1.54) is 12.3 Å². The van der Waals surface area contributed by atoms with Crippen LogP contribution >= 0.6 is 0 Å². The van der Waals surface area contributed by atoms with Crippen LogP contribution in [0.5, 0.6) is 5.75 Å². The maximum absolute atomic E-state index is 14.1. The Morgan fingerprint density at radius 2 is 1.92 bits per heavy atom. The minimum atomic E-state index is -0.827. The van der Waals surface area contributed by atoms with Crippen LogP contribution in [0.15, 0.2) is 59.5 Å². The van der Waals surface area contributed by atoms with Crippen LogP contribution in [-0.4, -0.2) is 45.6 Å². The molecule has 8 nitrogen and oxygen atoms in total. The summed E-state index contributed by atoms with van der Waals surface area (Å²) in [6, 6.07) is 11.9. The van der Waals surface area contributed by atoms with Crippen LogP contribution in [0.4, 0.5) is 8.78 Å². The van der Waals surface area contributed by atoms with Crippen LogP contribution in [-0.2, 0) is 18.7 Å². The largest absolute Gasteiger partial charge is 0.483 e. The highest BCUT2D eigenvalue weighted by atomic mass is 19.1. The topological polar surface area (TPSA) is 101 Å². The van der Waals surface area contributed by atoms with E-state index in [4.69, 9.17) is 4.74 Å². The molecule has 2 aliphatic rings. The summed E-state index contributed by atoms with van der Waals surface area (Å²) >= 11 is 0. The number of aliphatic hydroxyl groups is 1. The summed E-state index contributed by atoms with van der Waals surface area (Å²) in [4.78, 5) is 42.2. The Morgan fingerprint density at radius 3 is 2.56 bits per heavy atom. The van der Waals surface area contributed by atoms with E-state index >= 15 is 0 Å². The lowest BCUT2D eigenvalue weighted by Gasteiger charge is -2.40. The van der Waals surface area contributed by atoms with Crippen molar-refractivity contribution >= 4 is 11.8 Å². The Bertz CT molecular complexity index is 1490. The molecule has 2 amide bonds. The maximum atomic E-state index is 14.1. The monoisotopic (exact) mass is 537 g/mol. The standard InChI is InChI=1S/C29H29F2N3O5/c1-17(2)33-16-29(11-20(29)14-35)34-13-22(27(37)32-12-19-8-9-21(30)10-23(19)31)25(36)26(24(34)28(33)38)39-15-18-6-4-3-5-7-18/h3-10,13,17,20,35H,11-12,14-16H2,1-2H3,(H,32,37)/t20-,29+/m1/s1. The number of halogens is 2. The van der Waals surface area contributed by atoms with Gasteiger partial charge < -0.3 is 24.6 Å². The van der Waals surface area contributed by atoms with Crippen molar-refractivity contribution in [1.29, 1.82) is 0 Å². The maximum Gasteiger partial charge on any atom is 0.274 e. The van der Waals surface area contributed by atoms with Gasteiger partial charge in [0.1, 0.15) is 23.8 Å². The third kappa shape index (κ3) is 4.80. The number of carbonyl (C=O) groups is 2. The third-order valence-corrected chi connectivity index (χ3v) is 7.52. The Balaban J connectivity index is 1.58. The molecule has 1 saturated carbocycles. The first kappa shape index (κ1) is 26.6. The van der Waals surface area contributed by atoms with Gasteiger partial charge in [0.2, 0.25) is 5.43 Å². The van der Waals surface area contributed by atoms with Gasteiger partial charge in [0.05, 0.1) is 5.54 Å². The number of nitrogens with one attached hydrogen (secondary N) is 1. The number of benzene rings is 2. The fraction of sp³-hybridized carbons (Fsp3) is 0.345. The van der Waals surface area contributed by atoms with Gasteiger partial charge in [0, 0.05) is 49.5 Å². The van der Waals surface area contributed by atoms with Gasteiger partial charge in [0.25, 0.3) is 11.8 Å². The Labute approximate surface area is 223 Å². The molecular weight excluding hydrogens is 508 g/mol. The average Bonchev–Trinajstić information content (AvgIpc) is 3.63. The minimum Gasteiger partial charge on any atom is -0.483 e. The zero-order valence-electron chi connectivity index (χ0n) is 21.6. The Hall–Kier alpha value is -4.05. The molecule has 204 valence electrons. The lowest BCUT2D eigenvalue weighted by atomic mass is 10.0. The number of hydrogen-bond acceptors (Lipinski definition) is 5. The fourth-order valence-electron chi connectivity index (χ4n) is 5.19. The van der Waals surface area contributed by atoms with Gasteiger partial charge in [0.15, 0.2) is 11.4 Å². The van der Waals surface area contributed by atoms with Gasteiger partial charge in [-0.2, -0.15) is 0 Å². The molecule has 1 aromatic heterocycles. The molecule has 1 aliphatic carbocycles. The summed E-state index contributed by atoms with van der Waals surface area (Å²) in [5.74, 6) is -3.20. The first-order valence-electron chi connectivity index (χ1n) is 12.8. The molecule has 5 rings (SSSR count). The number of fused-ring (bicyclic) bond motifs is 2. The van der Waals surface area contributed by atoms with Gasteiger partial charge >= 0.3 is 0 Å². The smallest absolute Gasteiger partial charge is 0.274 e. The second-order valence-electron chi connectivity index (χ2n) is 10.3. The molecule has 39 heavy (non-hydrogen) atoms. The number of carbonyl (C=O) groups excluding carboxylic acids is 2. The van der Waals surface area contributed by atoms with Crippen molar-refractivity contribution in [2.45, 2.75) is 45.0 Å².